The summed E-state index contributed by atoms with van der Waals surface area (Å²) < 4.78 is 40.4. The molecule has 0 spiro atoms. The zero-order valence-electron chi connectivity index (χ0n) is 22.1. The van der Waals surface area contributed by atoms with Gasteiger partial charge in [0.1, 0.15) is 13.2 Å². The molecule has 0 fully saturated rings. The molecule has 11 heteroatoms. The lowest BCUT2D eigenvalue weighted by Crippen LogP contribution is -2.12. The highest BCUT2D eigenvalue weighted by Crippen LogP contribution is 2.52. The summed E-state index contributed by atoms with van der Waals surface area (Å²) in [6.07, 6.45) is 6.10. The van der Waals surface area contributed by atoms with Crippen molar-refractivity contribution in [1.29, 1.82) is 0 Å². The highest BCUT2D eigenvalue weighted by molar-refractivity contribution is 7.55. The summed E-state index contributed by atoms with van der Waals surface area (Å²) in [6.45, 7) is 4.97. The van der Waals surface area contributed by atoms with Gasteiger partial charge in [-0.3, -0.25) is 0 Å². The Kier molecular flexibility index (Phi) is 16.0. The van der Waals surface area contributed by atoms with E-state index in [0.717, 1.165) is 11.1 Å². The zero-order valence-corrected chi connectivity index (χ0v) is 22.9. The van der Waals surface area contributed by atoms with Gasteiger partial charge in [-0.2, -0.15) is 0 Å². The Bertz CT molecular complexity index is 1030. The monoisotopic (exact) mass is 558 g/mol. The van der Waals surface area contributed by atoms with E-state index in [1.165, 1.54) is 19.2 Å². The number of rotatable bonds is 19. The van der Waals surface area contributed by atoms with E-state index < -0.39 is 19.6 Å². The van der Waals surface area contributed by atoms with Crippen molar-refractivity contribution in [2.24, 2.45) is 9.51 Å². The van der Waals surface area contributed by atoms with Crippen LogP contribution in [-0.2, 0) is 37.6 Å². The van der Waals surface area contributed by atoms with Gasteiger partial charge in [-0.15, -0.1) is 0 Å². The Morgan fingerprint density at radius 1 is 0.692 bits per heavy atom. The van der Waals surface area contributed by atoms with Crippen LogP contribution in [0.1, 0.15) is 11.1 Å². The van der Waals surface area contributed by atoms with Crippen LogP contribution in [0.3, 0.4) is 0 Å². The molecule has 0 saturated carbocycles. The second-order valence-electron chi connectivity index (χ2n) is 7.55. The fraction of sp³-hybridized carbons (Fsp3) is 0.321. The zero-order chi connectivity index (χ0) is 28.0. The summed E-state index contributed by atoms with van der Waals surface area (Å²) in [5.74, 6) is -0.893. The van der Waals surface area contributed by atoms with Crippen LogP contribution in [-0.4, -0.2) is 78.6 Å². The van der Waals surface area contributed by atoms with Crippen molar-refractivity contribution < 1.29 is 37.6 Å². The van der Waals surface area contributed by atoms with Crippen LogP contribution in [0.25, 0.3) is 12.2 Å². The maximum atomic E-state index is 11.7. The summed E-state index contributed by atoms with van der Waals surface area (Å²) in [5, 5.41) is 0. The standard InChI is InChI=1S/C28H35N2O8P/c1-29-39(30-2,37-23-19-33-17-21-35-27(31)15-13-25-9-5-3-6-10-25)38-24-20-34-18-22-36-28(32)16-14-26-11-7-4-8-12-26/h3-16H,1,17-24H2,2H3/b15-13+,16-14+. The van der Waals surface area contributed by atoms with Gasteiger partial charge < -0.3 is 28.0 Å². The molecule has 0 aliphatic carbocycles. The minimum Gasteiger partial charge on any atom is -0.460 e. The molecule has 0 radical (unpaired) electrons. The average molecular weight is 559 g/mol. The highest BCUT2D eigenvalue weighted by Gasteiger charge is 2.18. The largest absolute Gasteiger partial charge is 0.460 e. The number of nitrogens with zero attached hydrogens (tertiary/aromatic N) is 2. The first kappa shape index (κ1) is 31.8. The Morgan fingerprint density at radius 3 is 1.49 bits per heavy atom. The van der Waals surface area contributed by atoms with Gasteiger partial charge in [-0.05, 0) is 30.0 Å². The van der Waals surface area contributed by atoms with Gasteiger partial charge >= 0.3 is 19.6 Å². The molecule has 210 valence electrons. The molecule has 0 aliphatic rings. The minimum absolute atomic E-state index is 0.114. The lowest BCUT2D eigenvalue weighted by Gasteiger charge is -2.19. The number of carbonyl (C=O) groups excluding carboxylic acids is 2. The first-order chi connectivity index (χ1) is 19.1. The van der Waals surface area contributed by atoms with Crippen molar-refractivity contribution >= 4 is 38.5 Å². The number of carbonyl (C=O) groups is 2. The molecule has 0 heterocycles. The number of hydrogen-bond acceptors (Lipinski definition) is 9. The Morgan fingerprint density at radius 2 is 1.10 bits per heavy atom. The van der Waals surface area contributed by atoms with Crippen molar-refractivity contribution in [3.8, 4) is 0 Å². The predicted molar refractivity (Wildman–Crippen MR) is 151 cm³/mol. The average Bonchev–Trinajstić information content (AvgIpc) is 2.98. The van der Waals surface area contributed by atoms with E-state index in [1.54, 1.807) is 12.2 Å². The lowest BCUT2D eigenvalue weighted by atomic mass is 10.2. The van der Waals surface area contributed by atoms with Gasteiger partial charge in [0.15, 0.2) is 0 Å². The molecule has 2 aromatic rings. The Labute approximate surface area is 229 Å². The molecule has 0 amide bonds. The van der Waals surface area contributed by atoms with Crippen LogP contribution in [0.2, 0.25) is 0 Å². The number of esters is 2. The SMILES string of the molecule is C=NP(=NC)(OCCOCCOC(=O)/C=C/c1ccccc1)OCCOCCOC(=O)/C=C/c1ccccc1. The number of benzene rings is 2. The topological polar surface area (TPSA) is 114 Å². The van der Waals surface area contributed by atoms with Crippen LogP contribution >= 0.6 is 7.66 Å². The summed E-state index contributed by atoms with van der Waals surface area (Å²) in [5.41, 5.74) is 1.82. The summed E-state index contributed by atoms with van der Waals surface area (Å²) in [4.78, 5) is 23.5. The second kappa shape index (κ2) is 19.6. The molecule has 0 atom stereocenters. The molecular formula is C28H35N2O8P. The number of ether oxygens (including phenoxy) is 4. The summed E-state index contributed by atoms with van der Waals surface area (Å²) >= 11 is 0. The van der Waals surface area contributed by atoms with Gasteiger partial charge in [-0.1, -0.05) is 60.7 Å². The van der Waals surface area contributed by atoms with Gasteiger partial charge in [-0.25, -0.2) is 19.1 Å². The Balaban J connectivity index is 1.51. The quantitative estimate of drug-likeness (QED) is 0.0791. The first-order valence-electron chi connectivity index (χ1n) is 12.3. The Hall–Kier alpha value is -3.40. The number of hydrogen-bond donors (Lipinski definition) is 0. The molecule has 0 unspecified atom stereocenters. The summed E-state index contributed by atoms with van der Waals surface area (Å²) in [7, 11) is -1.35. The van der Waals surface area contributed by atoms with E-state index >= 15 is 0 Å². The smallest absolute Gasteiger partial charge is 0.335 e. The van der Waals surface area contributed by atoms with Crippen molar-refractivity contribution in [3.63, 3.8) is 0 Å². The molecule has 10 nitrogen and oxygen atoms in total. The normalized spacial score (nSPS) is 11.5. The summed E-state index contributed by atoms with van der Waals surface area (Å²) in [6, 6.07) is 18.9. The maximum Gasteiger partial charge on any atom is 0.335 e. The van der Waals surface area contributed by atoms with Crippen LogP contribution in [0.15, 0.2) is 82.3 Å². The molecule has 2 rings (SSSR count). The van der Waals surface area contributed by atoms with E-state index in [4.69, 9.17) is 28.0 Å². The van der Waals surface area contributed by atoms with Crippen LogP contribution in [0.5, 0.6) is 0 Å². The van der Waals surface area contributed by atoms with Crippen molar-refractivity contribution in [1.82, 2.24) is 0 Å². The molecule has 0 aliphatic heterocycles. The molecule has 0 aromatic heterocycles. The van der Waals surface area contributed by atoms with E-state index in [9.17, 15) is 9.59 Å². The first-order valence-corrected chi connectivity index (χ1v) is 13.8. The third-order valence-corrected chi connectivity index (χ3v) is 6.67. The fourth-order valence-electron chi connectivity index (χ4n) is 2.89. The van der Waals surface area contributed by atoms with Gasteiger partial charge in [0.05, 0.1) is 39.6 Å². The van der Waals surface area contributed by atoms with E-state index in [2.05, 4.69) is 16.2 Å². The van der Waals surface area contributed by atoms with Crippen molar-refractivity contribution in [2.75, 3.05) is 59.9 Å². The van der Waals surface area contributed by atoms with E-state index in [0.29, 0.717) is 0 Å². The lowest BCUT2D eigenvalue weighted by molar-refractivity contribution is -0.140. The predicted octanol–water partition coefficient (Wildman–Crippen LogP) is 4.84. The van der Waals surface area contributed by atoms with Gasteiger partial charge in [0, 0.05) is 19.2 Å². The van der Waals surface area contributed by atoms with Crippen molar-refractivity contribution in [2.45, 2.75) is 0 Å². The molecule has 0 saturated heterocycles. The van der Waals surface area contributed by atoms with Crippen LogP contribution in [0, 0.1) is 0 Å². The molecule has 0 N–H and O–H groups in total. The highest BCUT2D eigenvalue weighted by atomic mass is 31.2. The second-order valence-corrected chi connectivity index (χ2v) is 9.73. The van der Waals surface area contributed by atoms with E-state index in [1.807, 2.05) is 60.7 Å². The van der Waals surface area contributed by atoms with Gasteiger partial charge in [0.2, 0.25) is 0 Å². The van der Waals surface area contributed by atoms with Crippen LogP contribution in [0.4, 0.5) is 0 Å². The van der Waals surface area contributed by atoms with Crippen molar-refractivity contribution in [3.05, 3.63) is 83.9 Å². The molecule has 39 heavy (non-hydrogen) atoms. The minimum atomic E-state index is -2.89. The maximum absolute atomic E-state index is 11.7. The molecule has 0 bridgehead atoms. The molecule has 2 aromatic carbocycles. The third kappa shape index (κ3) is 14.4. The molecular weight excluding hydrogens is 523 g/mol. The van der Waals surface area contributed by atoms with E-state index in [-0.39, 0.29) is 52.9 Å². The third-order valence-electron chi connectivity index (χ3n) is 4.77. The van der Waals surface area contributed by atoms with Crippen LogP contribution < -0.4 is 0 Å². The van der Waals surface area contributed by atoms with Gasteiger partial charge in [0.25, 0.3) is 0 Å². The fourth-order valence-corrected chi connectivity index (χ4v) is 4.11.